The highest BCUT2D eigenvalue weighted by Crippen LogP contribution is 2.34. The Morgan fingerprint density at radius 3 is 3.00 bits per heavy atom. The molecule has 2 unspecified atom stereocenters. The number of ether oxygens (including phenoxy) is 2. The first-order valence-corrected chi connectivity index (χ1v) is 8.41. The van der Waals surface area contributed by atoms with Gasteiger partial charge in [-0.15, -0.1) is 0 Å². The summed E-state index contributed by atoms with van der Waals surface area (Å²) in [7, 11) is 0. The van der Waals surface area contributed by atoms with E-state index in [1.54, 1.807) is 0 Å². The van der Waals surface area contributed by atoms with Crippen LogP contribution in [0.2, 0.25) is 0 Å². The second-order valence-electron chi connectivity index (χ2n) is 6.12. The molecule has 0 bridgehead atoms. The standard InChI is InChI=1S/C18H25NO3/c20-14-15-13-19(17-8-2-1-7-16(15)17)10-4-6-12-22-18-9-3-5-11-21-18/h1-2,7-8,14-15,18H,3-6,9-13H2. The lowest BCUT2D eigenvalue weighted by Gasteiger charge is -2.23. The second-order valence-corrected chi connectivity index (χ2v) is 6.12. The van der Waals surface area contributed by atoms with Gasteiger partial charge in [0.25, 0.3) is 0 Å². The van der Waals surface area contributed by atoms with Crippen LogP contribution in [-0.2, 0) is 14.3 Å². The minimum atomic E-state index is 0.0145. The van der Waals surface area contributed by atoms with Crippen LogP contribution in [0.5, 0.6) is 0 Å². The first-order chi connectivity index (χ1) is 10.9. The van der Waals surface area contributed by atoms with Crippen molar-refractivity contribution in [3.63, 3.8) is 0 Å². The maximum Gasteiger partial charge on any atom is 0.157 e. The van der Waals surface area contributed by atoms with Crippen molar-refractivity contribution >= 4 is 12.0 Å². The van der Waals surface area contributed by atoms with Gasteiger partial charge in [0.2, 0.25) is 0 Å². The number of rotatable bonds is 7. The highest BCUT2D eigenvalue weighted by molar-refractivity contribution is 5.74. The summed E-state index contributed by atoms with van der Waals surface area (Å²) in [6.07, 6.45) is 6.59. The largest absolute Gasteiger partial charge is 0.370 e. The fraction of sp³-hybridized carbons (Fsp3) is 0.611. The van der Waals surface area contributed by atoms with E-state index < -0.39 is 0 Å². The smallest absolute Gasteiger partial charge is 0.157 e. The van der Waals surface area contributed by atoms with E-state index in [9.17, 15) is 4.79 Å². The minimum absolute atomic E-state index is 0.0145. The maximum atomic E-state index is 11.2. The van der Waals surface area contributed by atoms with E-state index in [2.05, 4.69) is 17.0 Å². The molecule has 22 heavy (non-hydrogen) atoms. The normalized spacial score (nSPS) is 24.3. The van der Waals surface area contributed by atoms with Crippen molar-refractivity contribution in [2.75, 3.05) is 31.2 Å². The van der Waals surface area contributed by atoms with Crippen LogP contribution < -0.4 is 4.90 Å². The van der Waals surface area contributed by atoms with Gasteiger partial charge in [-0.1, -0.05) is 18.2 Å². The first kappa shape index (κ1) is 15.5. The third-order valence-corrected chi connectivity index (χ3v) is 4.52. The number of carbonyl (C=O) groups is 1. The molecule has 0 amide bonds. The molecule has 4 heteroatoms. The Labute approximate surface area is 132 Å². The Bertz CT molecular complexity index is 485. The Balaban J connectivity index is 1.40. The maximum absolute atomic E-state index is 11.2. The summed E-state index contributed by atoms with van der Waals surface area (Å²) in [5, 5.41) is 0. The molecule has 0 saturated carbocycles. The molecule has 2 aliphatic rings. The molecule has 1 fully saturated rings. The topological polar surface area (TPSA) is 38.8 Å². The number of aldehydes is 1. The van der Waals surface area contributed by atoms with E-state index in [1.165, 1.54) is 17.7 Å². The Hall–Kier alpha value is -1.39. The molecule has 0 N–H and O–H groups in total. The van der Waals surface area contributed by atoms with Crippen LogP contribution in [0.25, 0.3) is 0 Å². The molecular formula is C18H25NO3. The number of nitrogens with zero attached hydrogens (tertiary/aromatic N) is 1. The predicted octanol–water partition coefficient (Wildman–Crippen LogP) is 3.11. The van der Waals surface area contributed by atoms with E-state index in [0.717, 1.165) is 58.3 Å². The van der Waals surface area contributed by atoms with Gasteiger partial charge in [0, 0.05) is 32.0 Å². The van der Waals surface area contributed by atoms with Crippen LogP contribution in [0.1, 0.15) is 43.6 Å². The van der Waals surface area contributed by atoms with Crippen molar-refractivity contribution < 1.29 is 14.3 Å². The van der Waals surface area contributed by atoms with Crippen molar-refractivity contribution in [3.05, 3.63) is 29.8 Å². The van der Waals surface area contributed by atoms with Crippen LogP contribution >= 0.6 is 0 Å². The first-order valence-electron chi connectivity index (χ1n) is 8.41. The summed E-state index contributed by atoms with van der Waals surface area (Å²) in [5.41, 5.74) is 2.39. The molecule has 0 spiro atoms. The summed E-state index contributed by atoms with van der Waals surface area (Å²) < 4.78 is 11.3. The van der Waals surface area contributed by atoms with Crippen LogP contribution in [0.15, 0.2) is 24.3 Å². The van der Waals surface area contributed by atoms with Crippen LogP contribution in [0.4, 0.5) is 5.69 Å². The van der Waals surface area contributed by atoms with Gasteiger partial charge >= 0.3 is 0 Å². The summed E-state index contributed by atoms with van der Waals surface area (Å²) >= 11 is 0. The quantitative estimate of drug-likeness (QED) is 0.573. The number of fused-ring (bicyclic) bond motifs is 1. The lowest BCUT2D eigenvalue weighted by molar-refractivity contribution is -0.162. The molecule has 4 nitrogen and oxygen atoms in total. The number of hydrogen-bond acceptors (Lipinski definition) is 4. The van der Waals surface area contributed by atoms with Crippen molar-refractivity contribution in [2.45, 2.75) is 44.3 Å². The van der Waals surface area contributed by atoms with Crippen LogP contribution in [0, 0.1) is 0 Å². The molecule has 0 aromatic heterocycles. The van der Waals surface area contributed by atoms with Crippen molar-refractivity contribution in [1.29, 1.82) is 0 Å². The van der Waals surface area contributed by atoms with E-state index in [4.69, 9.17) is 9.47 Å². The Morgan fingerprint density at radius 1 is 1.27 bits per heavy atom. The molecule has 2 atom stereocenters. The van der Waals surface area contributed by atoms with Gasteiger partial charge < -0.3 is 19.2 Å². The summed E-state index contributed by atoms with van der Waals surface area (Å²) in [5.74, 6) is 0.0306. The predicted molar refractivity (Wildman–Crippen MR) is 86.2 cm³/mol. The van der Waals surface area contributed by atoms with Gasteiger partial charge in [-0.05, 0) is 43.7 Å². The summed E-state index contributed by atoms with van der Waals surface area (Å²) in [4.78, 5) is 13.5. The highest BCUT2D eigenvalue weighted by atomic mass is 16.7. The Kier molecular flexibility index (Phi) is 5.46. The van der Waals surface area contributed by atoms with Gasteiger partial charge in [-0.3, -0.25) is 0 Å². The fourth-order valence-electron chi connectivity index (χ4n) is 3.31. The average Bonchev–Trinajstić information content (AvgIpc) is 2.94. The van der Waals surface area contributed by atoms with E-state index in [-0.39, 0.29) is 12.2 Å². The van der Waals surface area contributed by atoms with Gasteiger partial charge in [0.1, 0.15) is 6.29 Å². The number of benzene rings is 1. The SMILES string of the molecule is O=CC1CN(CCCCOC2CCCCO2)c2ccccc21. The van der Waals surface area contributed by atoms with Crippen LogP contribution in [-0.4, -0.2) is 38.9 Å². The van der Waals surface area contributed by atoms with E-state index >= 15 is 0 Å². The van der Waals surface area contributed by atoms with Crippen LogP contribution in [0.3, 0.4) is 0 Å². The number of unbranched alkanes of at least 4 members (excludes halogenated alkanes) is 1. The third-order valence-electron chi connectivity index (χ3n) is 4.52. The summed E-state index contributed by atoms with van der Waals surface area (Å²) in [6, 6.07) is 8.24. The summed E-state index contributed by atoms with van der Waals surface area (Å²) in [6.45, 7) is 3.39. The molecule has 0 aliphatic carbocycles. The van der Waals surface area contributed by atoms with Gasteiger partial charge in [-0.25, -0.2) is 0 Å². The lowest BCUT2D eigenvalue weighted by atomic mass is 10.0. The van der Waals surface area contributed by atoms with Gasteiger partial charge in [-0.2, -0.15) is 0 Å². The van der Waals surface area contributed by atoms with Gasteiger partial charge in [0.15, 0.2) is 6.29 Å². The highest BCUT2D eigenvalue weighted by Gasteiger charge is 2.27. The molecule has 0 radical (unpaired) electrons. The van der Waals surface area contributed by atoms with Crippen molar-refractivity contribution in [1.82, 2.24) is 0 Å². The third kappa shape index (κ3) is 3.68. The van der Waals surface area contributed by atoms with Crippen molar-refractivity contribution in [3.8, 4) is 0 Å². The van der Waals surface area contributed by atoms with Crippen molar-refractivity contribution in [2.24, 2.45) is 0 Å². The number of hydrogen-bond donors (Lipinski definition) is 0. The molecule has 3 rings (SSSR count). The second kappa shape index (κ2) is 7.75. The zero-order chi connectivity index (χ0) is 15.2. The molecule has 120 valence electrons. The number of para-hydroxylation sites is 1. The average molecular weight is 303 g/mol. The Morgan fingerprint density at radius 2 is 2.18 bits per heavy atom. The monoisotopic (exact) mass is 303 g/mol. The zero-order valence-electron chi connectivity index (χ0n) is 13.1. The zero-order valence-corrected chi connectivity index (χ0v) is 13.1. The lowest BCUT2D eigenvalue weighted by Crippen LogP contribution is -2.25. The van der Waals surface area contributed by atoms with E-state index in [0.29, 0.717) is 0 Å². The number of carbonyl (C=O) groups excluding carboxylic acids is 1. The van der Waals surface area contributed by atoms with E-state index in [1.807, 2.05) is 12.1 Å². The minimum Gasteiger partial charge on any atom is -0.370 e. The molecule has 2 heterocycles. The molecule has 1 aromatic carbocycles. The number of anilines is 1. The molecular weight excluding hydrogens is 278 g/mol. The molecule has 1 saturated heterocycles. The van der Waals surface area contributed by atoms with Gasteiger partial charge in [0.05, 0.1) is 5.92 Å². The fourth-order valence-corrected chi connectivity index (χ4v) is 3.31. The molecule has 2 aliphatic heterocycles. The molecule has 1 aromatic rings.